The Morgan fingerprint density at radius 2 is 1.69 bits per heavy atom. The van der Waals surface area contributed by atoms with E-state index in [2.05, 4.69) is 0 Å². The third kappa shape index (κ3) is 3.94. The molecule has 1 aliphatic rings. The molecule has 0 radical (unpaired) electrons. The summed E-state index contributed by atoms with van der Waals surface area (Å²) in [5, 5.41) is 7.35. The van der Waals surface area contributed by atoms with Crippen molar-refractivity contribution in [1.29, 1.82) is 0 Å². The molecule has 0 aromatic heterocycles. The molecule has 26 heavy (non-hydrogen) atoms. The third-order valence-corrected chi connectivity index (χ3v) is 5.34. The molecule has 136 valence electrons. The van der Waals surface area contributed by atoms with Crippen LogP contribution in [0.2, 0.25) is 5.02 Å². The van der Waals surface area contributed by atoms with Crippen LogP contribution in [-0.2, 0) is 26.2 Å². The van der Waals surface area contributed by atoms with Crippen molar-refractivity contribution < 1.29 is 23.3 Å². The molecule has 2 aromatic rings. The average Bonchev–Trinajstić information content (AvgIpc) is 2.87. The van der Waals surface area contributed by atoms with Gasteiger partial charge in [-0.15, -0.1) is 0 Å². The number of hydrogen-bond acceptors (Lipinski definition) is 4. The number of carbonyl (C=O) groups is 2. The van der Waals surface area contributed by atoms with Crippen molar-refractivity contribution in [2.24, 2.45) is 5.14 Å². The normalized spacial score (nSPS) is 17.8. The molecule has 0 saturated carbocycles. The van der Waals surface area contributed by atoms with E-state index in [0.29, 0.717) is 17.3 Å². The number of sulfonamides is 1. The summed E-state index contributed by atoms with van der Waals surface area (Å²) in [6.45, 7) is 0.434. The molecule has 3 rings (SSSR count). The highest BCUT2D eigenvalue weighted by Gasteiger charge is 2.42. The predicted molar refractivity (Wildman–Crippen MR) is 95.8 cm³/mol. The molecule has 0 bridgehead atoms. The Labute approximate surface area is 155 Å². The van der Waals surface area contributed by atoms with Crippen LogP contribution in [0.4, 0.5) is 5.69 Å². The number of halogens is 1. The van der Waals surface area contributed by atoms with Gasteiger partial charge >= 0.3 is 0 Å². The summed E-state index contributed by atoms with van der Waals surface area (Å²) in [6.07, 6.45) is 0.108. The van der Waals surface area contributed by atoms with Crippen LogP contribution in [0.5, 0.6) is 0 Å². The lowest BCUT2D eigenvalue weighted by atomic mass is 10.2. The molecule has 0 unspecified atom stereocenters. The van der Waals surface area contributed by atoms with Crippen LogP contribution >= 0.6 is 11.6 Å². The van der Waals surface area contributed by atoms with Crippen molar-refractivity contribution in [2.75, 3.05) is 4.90 Å². The van der Waals surface area contributed by atoms with E-state index in [-0.39, 0.29) is 23.1 Å². The second-order valence-electron chi connectivity index (χ2n) is 5.98. The molecular formula is C17H17ClN3O4S+. The number of amides is 2. The first-order valence-electron chi connectivity index (χ1n) is 7.83. The standard InChI is InChI=1S/C17H16ClN3O4S/c18-12-3-5-13(6-4-12)21-16(22)9-15(17(21)23)20-10-11-1-7-14(8-2-11)26(19,24)25/h1-8,15,20H,9-10H2,(H2,19,24,25)/p+1/t15-/m0/s1. The Balaban J connectivity index is 1.67. The molecule has 7 nitrogen and oxygen atoms in total. The number of rotatable bonds is 5. The molecule has 1 saturated heterocycles. The maximum atomic E-state index is 12.6. The zero-order valence-corrected chi connectivity index (χ0v) is 15.2. The number of carbonyl (C=O) groups excluding carboxylic acids is 2. The van der Waals surface area contributed by atoms with Crippen molar-refractivity contribution in [3.63, 3.8) is 0 Å². The van der Waals surface area contributed by atoms with E-state index in [4.69, 9.17) is 16.7 Å². The van der Waals surface area contributed by atoms with Crippen LogP contribution in [0, 0.1) is 0 Å². The summed E-state index contributed by atoms with van der Waals surface area (Å²) >= 11 is 5.84. The summed E-state index contributed by atoms with van der Waals surface area (Å²) in [5.41, 5.74) is 1.32. The second kappa shape index (κ2) is 7.16. The average molecular weight is 395 g/mol. The van der Waals surface area contributed by atoms with Gasteiger partial charge in [0, 0.05) is 10.6 Å². The van der Waals surface area contributed by atoms with Crippen LogP contribution in [-0.4, -0.2) is 26.3 Å². The van der Waals surface area contributed by atoms with Gasteiger partial charge in [0.15, 0.2) is 6.04 Å². The molecule has 4 N–H and O–H groups in total. The lowest BCUT2D eigenvalue weighted by Crippen LogP contribution is -2.90. The first-order valence-corrected chi connectivity index (χ1v) is 9.75. The summed E-state index contributed by atoms with van der Waals surface area (Å²) in [6, 6.07) is 12.1. The number of benzene rings is 2. The molecular weight excluding hydrogens is 378 g/mol. The lowest BCUT2D eigenvalue weighted by molar-refractivity contribution is -0.690. The highest BCUT2D eigenvalue weighted by Crippen LogP contribution is 2.23. The smallest absolute Gasteiger partial charge is 0.292 e. The van der Waals surface area contributed by atoms with Crippen molar-refractivity contribution in [3.05, 3.63) is 59.1 Å². The number of quaternary nitrogens is 1. The monoisotopic (exact) mass is 394 g/mol. The van der Waals surface area contributed by atoms with Crippen LogP contribution in [0.1, 0.15) is 12.0 Å². The Bertz CT molecular complexity index is 943. The summed E-state index contributed by atoms with van der Waals surface area (Å²) in [7, 11) is -3.73. The molecule has 9 heteroatoms. The number of anilines is 1. The summed E-state index contributed by atoms with van der Waals surface area (Å²) in [4.78, 5) is 26.0. The van der Waals surface area contributed by atoms with Crippen molar-refractivity contribution >= 4 is 39.1 Å². The van der Waals surface area contributed by atoms with Crippen LogP contribution in [0.25, 0.3) is 0 Å². The number of primary sulfonamides is 1. The highest BCUT2D eigenvalue weighted by atomic mass is 35.5. The molecule has 1 heterocycles. The maximum absolute atomic E-state index is 12.6. The van der Waals surface area contributed by atoms with Crippen molar-refractivity contribution in [1.82, 2.24) is 0 Å². The van der Waals surface area contributed by atoms with Gasteiger partial charge in [0.2, 0.25) is 15.9 Å². The van der Waals surface area contributed by atoms with E-state index < -0.39 is 16.1 Å². The Morgan fingerprint density at radius 1 is 1.08 bits per heavy atom. The number of nitrogens with two attached hydrogens (primary N) is 2. The van der Waals surface area contributed by atoms with E-state index in [1.807, 2.05) is 0 Å². The zero-order chi connectivity index (χ0) is 18.9. The quantitative estimate of drug-likeness (QED) is 0.713. The lowest BCUT2D eigenvalue weighted by Gasteiger charge is -2.14. The van der Waals surface area contributed by atoms with Crippen LogP contribution in [0.15, 0.2) is 53.4 Å². The van der Waals surface area contributed by atoms with Gasteiger partial charge < -0.3 is 5.32 Å². The van der Waals surface area contributed by atoms with Gasteiger partial charge in [0.1, 0.15) is 6.54 Å². The Kier molecular flexibility index (Phi) is 5.10. The third-order valence-electron chi connectivity index (χ3n) is 4.16. The first-order chi connectivity index (χ1) is 12.3. The molecule has 2 aromatic carbocycles. The number of imide groups is 1. The first kappa shape index (κ1) is 18.5. The minimum Gasteiger partial charge on any atom is -0.332 e. The van der Waals surface area contributed by atoms with Crippen molar-refractivity contribution in [3.8, 4) is 0 Å². The zero-order valence-electron chi connectivity index (χ0n) is 13.6. The van der Waals surface area contributed by atoms with Gasteiger partial charge in [-0.05, 0) is 36.4 Å². The SMILES string of the molecule is NS(=O)(=O)c1ccc(C[NH2+][C@H]2CC(=O)N(c3ccc(Cl)cc3)C2=O)cc1. The number of nitrogens with zero attached hydrogens (tertiary/aromatic N) is 1. The fourth-order valence-corrected chi connectivity index (χ4v) is 3.44. The van der Waals surface area contributed by atoms with Gasteiger partial charge in [0.25, 0.3) is 5.91 Å². The van der Waals surface area contributed by atoms with E-state index in [9.17, 15) is 18.0 Å². The molecule has 1 fully saturated rings. The van der Waals surface area contributed by atoms with Gasteiger partial charge in [-0.25, -0.2) is 18.5 Å². The molecule has 0 spiro atoms. The van der Waals surface area contributed by atoms with Gasteiger partial charge in [0.05, 0.1) is 17.0 Å². The molecule has 1 aliphatic heterocycles. The van der Waals surface area contributed by atoms with Crippen LogP contribution in [0.3, 0.4) is 0 Å². The van der Waals surface area contributed by atoms with Gasteiger partial charge in [-0.3, -0.25) is 9.59 Å². The fraction of sp³-hybridized carbons (Fsp3) is 0.176. The maximum Gasteiger partial charge on any atom is 0.292 e. The minimum absolute atomic E-state index is 0.0299. The van der Waals surface area contributed by atoms with E-state index >= 15 is 0 Å². The van der Waals surface area contributed by atoms with Gasteiger partial charge in [-0.2, -0.15) is 0 Å². The minimum atomic E-state index is -3.73. The topological polar surface area (TPSA) is 114 Å². The fourth-order valence-electron chi connectivity index (χ4n) is 2.79. The Hall–Kier alpha value is -2.26. The van der Waals surface area contributed by atoms with E-state index in [0.717, 1.165) is 5.56 Å². The second-order valence-corrected chi connectivity index (χ2v) is 7.98. The van der Waals surface area contributed by atoms with E-state index in [1.165, 1.54) is 17.0 Å². The summed E-state index contributed by atoms with van der Waals surface area (Å²) in [5.74, 6) is -0.540. The molecule has 2 amide bonds. The Morgan fingerprint density at radius 3 is 2.27 bits per heavy atom. The largest absolute Gasteiger partial charge is 0.332 e. The number of hydrogen-bond donors (Lipinski definition) is 2. The highest BCUT2D eigenvalue weighted by molar-refractivity contribution is 7.89. The van der Waals surface area contributed by atoms with Gasteiger partial charge in [-0.1, -0.05) is 23.7 Å². The molecule has 0 aliphatic carbocycles. The van der Waals surface area contributed by atoms with E-state index in [1.54, 1.807) is 41.7 Å². The van der Waals surface area contributed by atoms with Crippen LogP contribution < -0.4 is 15.4 Å². The molecule has 1 atom stereocenters. The predicted octanol–water partition coefficient (Wildman–Crippen LogP) is 0.383. The van der Waals surface area contributed by atoms with Crippen molar-refractivity contribution in [2.45, 2.75) is 23.9 Å². The summed E-state index contributed by atoms with van der Waals surface area (Å²) < 4.78 is 22.5.